The molecule has 2 rings (SSSR count). The Labute approximate surface area is 137 Å². The standard InChI is InChI=1S/C19H22N4/c1-14-7-8-18(15(2)9-14)13-23-19(21-3)22-12-17-6-4-5-16(10-17)11-20/h4-10H,12-13H2,1-3H3,(H2,21,22,23). The van der Waals surface area contributed by atoms with Crippen LogP contribution in [0.2, 0.25) is 0 Å². The summed E-state index contributed by atoms with van der Waals surface area (Å²) >= 11 is 0. The third kappa shape index (κ3) is 4.86. The first-order chi connectivity index (χ1) is 11.1. The SMILES string of the molecule is CN=C(NCc1cccc(C#N)c1)NCc1ccc(C)cc1C. The normalized spacial score (nSPS) is 11.0. The lowest BCUT2D eigenvalue weighted by Crippen LogP contribution is -2.36. The average molecular weight is 306 g/mol. The summed E-state index contributed by atoms with van der Waals surface area (Å²) in [6.07, 6.45) is 0. The minimum atomic E-state index is 0.627. The Kier molecular flexibility index (Phi) is 5.76. The summed E-state index contributed by atoms with van der Waals surface area (Å²) in [6, 6.07) is 16.2. The molecule has 0 atom stereocenters. The van der Waals surface area contributed by atoms with Crippen LogP contribution in [-0.4, -0.2) is 13.0 Å². The Morgan fingerprint density at radius 3 is 2.57 bits per heavy atom. The lowest BCUT2D eigenvalue weighted by atomic mass is 10.1. The molecule has 0 radical (unpaired) electrons. The number of nitriles is 1. The van der Waals surface area contributed by atoms with Crippen LogP contribution in [0.3, 0.4) is 0 Å². The van der Waals surface area contributed by atoms with E-state index in [-0.39, 0.29) is 0 Å². The van der Waals surface area contributed by atoms with Crippen molar-refractivity contribution in [1.82, 2.24) is 10.6 Å². The highest BCUT2D eigenvalue weighted by molar-refractivity contribution is 5.79. The van der Waals surface area contributed by atoms with Crippen molar-refractivity contribution in [3.8, 4) is 6.07 Å². The number of nitrogens with zero attached hydrogens (tertiary/aromatic N) is 2. The van der Waals surface area contributed by atoms with Crippen molar-refractivity contribution in [2.45, 2.75) is 26.9 Å². The van der Waals surface area contributed by atoms with E-state index in [1.165, 1.54) is 16.7 Å². The number of nitrogens with one attached hydrogen (secondary N) is 2. The third-order valence-corrected chi connectivity index (χ3v) is 3.68. The molecule has 4 nitrogen and oxygen atoms in total. The zero-order valence-electron chi connectivity index (χ0n) is 13.9. The predicted octanol–water partition coefficient (Wildman–Crippen LogP) is 3.04. The highest BCUT2D eigenvalue weighted by atomic mass is 15.2. The molecule has 0 aromatic heterocycles. The fourth-order valence-corrected chi connectivity index (χ4v) is 2.38. The molecular weight excluding hydrogens is 284 g/mol. The van der Waals surface area contributed by atoms with Gasteiger partial charge in [-0.1, -0.05) is 35.9 Å². The van der Waals surface area contributed by atoms with Gasteiger partial charge in [-0.25, -0.2) is 0 Å². The summed E-state index contributed by atoms with van der Waals surface area (Å²) in [5.74, 6) is 0.743. The lowest BCUT2D eigenvalue weighted by molar-refractivity contribution is 0.806. The van der Waals surface area contributed by atoms with Gasteiger partial charge in [-0.3, -0.25) is 4.99 Å². The van der Waals surface area contributed by atoms with E-state index in [4.69, 9.17) is 5.26 Å². The van der Waals surface area contributed by atoms with Gasteiger partial charge in [-0.05, 0) is 42.7 Å². The molecule has 0 spiro atoms. The molecule has 0 unspecified atom stereocenters. The van der Waals surface area contributed by atoms with Crippen LogP contribution in [0.4, 0.5) is 0 Å². The largest absolute Gasteiger partial charge is 0.352 e. The van der Waals surface area contributed by atoms with E-state index in [1.807, 2.05) is 18.2 Å². The number of hydrogen-bond acceptors (Lipinski definition) is 2. The summed E-state index contributed by atoms with van der Waals surface area (Å²) in [7, 11) is 1.75. The van der Waals surface area contributed by atoms with Crippen molar-refractivity contribution in [2.24, 2.45) is 4.99 Å². The van der Waals surface area contributed by atoms with Crippen LogP contribution in [0.5, 0.6) is 0 Å². The summed E-state index contributed by atoms with van der Waals surface area (Å²) in [6.45, 7) is 5.57. The summed E-state index contributed by atoms with van der Waals surface area (Å²) in [5.41, 5.74) is 5.52. The number of benzene rings is 2. The second kappa shape index (κ2) is 8.00. The maximum atomic E-state index is 8.93. The minimum absolute atomic E-state index is 0.627. The van der Waals surface area contributed by atoms with Crippen LogP contribution in [0.25, 0.3) is 0 Å². The van der Waals surface area contributed by atoms with Gasteiger partial charge in [-0.2, -0.15) is 5.26 Å². The number of rotatable bonds is 4. The number of aryl methyl sites for hydroxylation is 2. The molecule has 0 aliphatic carbocycles. The van der Waals surface area contributed by atoms with E-state index in [2.05, 4.69) is 53.7 Å². The number of guanidine groups is 1. The van der Waals surface area contributed by atoms with E-state index >= 15 is 0 Å². The second-order valence-corrected chi connectivity index (χ2v) is 5.52. The Morgan fingerprint density at radius 1 is 1.09 bits per heavy atom. The zero-order valence-corrected chi connectivity index (χ0v) is 13.9. The van der Waals surface area contributed by atoms with Crippen molar-refractivity contribution >= 4 is 5.96 Å². The van der Waals surface area contributed by atoms with Crippen molar-refractivity contribution < 1.29 is 0 Å². The number of hydrogen-bond donors (Lipinski definition) is 2. The summed E-state index contributed by atoms with van der Waals surface area (Å²) in [4.78, 5) is 4.24. The minimum Gasteiger partial charge on any atom is -0.352 e. The van der Waals surface area contributed by atoms with Crippen molar-refractivity contribution in [2.75, 3.05) is 7.05 Å². The molecule has 2 N–H and O–H groups in total. The smallest absolute Gasteiger partial charge is 0.191 e. The van der Waals surface area contributed by atoms with Gasteiger partial charge in [0.1, 0.15) is 0 Å². The molecule has 0 aliphatic heterocycles. The molecule has 0 heterocycles. The van der Waals surface area contributed by atoms with E-state index in [9.17, 15) is 0 Å². The lowest BCUT2D eigenvalue weighted by Gasteiger charge is -2.13. The van der Waals surface area contributed by atoms with E-state index in [0.29, 0.717) is 12.1 Å². The van der Waals surface area contributed by atoms with Gasteiger partial charge in [0, 0.05) is 20.1 Å². The predicted molar refractivity (Wildman–Crippen MR) is 94.1 cm³/mol. The fraction of sp³-hybridized carbons (Fsp3) is 0.263. The van der Waals surface area contributed by atoms with Crippen LogP contribution in [0, 0.1) is 25.2 Å². The highest BCUT2D eigenvalue weighted by Crippen LogP contribution is 2.10. The van der Waals surface area contributed by atoms with Crippen LogP contribution in [-0.2, 0) is 13.1 Å². The van der Waals surface area contributed by atoms with Gasteiger partial charge in [-0.15, -0.1) is 0 Å². The first-order valence-electron chi connectivity index (χ1n) is 7.62. The van der Waals surface area contributed by atoms with Gasteiger partial charge in [0.2, 0.25) is 0 Å². The molecule has 0 bridgehead atoms. The molecule has 2 aromatic rings. The molecule has 0 aliphatic rings. The molecule has 0 saturated heterocycles. The molecule has 0 saturated carbocycles. The van der Waals surface area contributed by atoms with Crippen LogP contribution < -0.4 is 10.6 Å². The molecule has 4 heteroatoms. The van der Waals surface area contributed by atoms with Crippen LogP contribution in [0.15, 0.2) is 47.5 Å². The van der Waals surface area contributed by atoms with Gasteiger partial charge in [0.25, 0.3) is 0 Å². The zero-order chi connectivity index (χ0) is 16.7. The van der Waals surface area contributed by atoms with Crippen molar-refractivity contribution in [1.29, 1.82) is 5.26 Å². The molecule has 2 aromatic carbocycles. The Bertz CT molecular complexity index is 741. The Hall–Kier alpha value is -2.80. The molecule has 23 heavy (non-hydrogen) atoms. The van der Waals surface area contributed by atoms with E-state index in [0.717, 1.165) is 18.1 Å². The second-order valence-electron chi connectivity index (χ2n) is 5.52. The van der Waals surface area contributed by atoms with Gasteiger partial charge < -0.3 is 10.6 Å². The maximum absolute atomic E-state index is 8.93. The fourth-order valence-electron chi connectivity index (χ4n) is 2.38. The van der Waals surface area contributed by atoms with E-state index in [1.54, 1.807) is 13.1 Å². The van der Waals surface area contributed by atoms with E-state index < -0.39 is 0 Å². The molecular formula is C19H22N4. The van der Waals surface area contributed by atoms with Gasteiger partial charge >= 0.3 is 0 Å². The Balaban J connectivity index is 1.92. The van der Waals surface area contributed by atoms with Crippen molar-refractivity contribution in [3.05, 3.63) is 70.3 Å². The topological polar surface area (TPSA) is 60.2 Å². The summed E-state index contributed by atoms with van der Waals surface area (Å²) < 4.78 is 0. The Morgan fingerprint density at radius 2 is 1.87 bits per heavy atom. The molecule has 0 amide bonds. The number of aliphatic imine (C=N–C) groups is 1. The van der Waals surface area contributed by atoms with Crippen LogP contribution in [0.1, 0.15) is 27.8 Å². The first kappa shape index (κ1) is 16.6. The highest BCUT2D eigenvalue weighted by Gasteiger charge is 2.02. The quantitative estimate of drug-likeness (QED) is 0.674. The van der Waals surface area contributed by atoms with Gasteiger partial charge in [0.05, 0.1) is 11.6 Å². The third-order valence-electron chi connectivity index (χ3n) is 3.68. The molecule has 0 fully saturated rings. The van der Waals surface area contributed by atoms with Crippen molar-refractivity contribution in [3.63, 3.8) is 0 Å². The average Bonchev–Trinajstić information content (AvgIpc) is 2.56. The molecule has 118 valence electrons. The first-order valence-corrected chi connectivity index (χ1v) is 7.62. The summed E-state index contributed by atoms with van der Waals surface area (Å²) in [5, 5.41) is 15.5. The van der Waals surface area contributed by atoms with Crippen LogP contribution >= 0.6 is 0 Å². The monoisotopic (exact) mass is 306 g/mol. The maximum Gasteiger partial charge on any atom is 0.191 e. The van der Waals surface area contributed by atoms with Gasteiger partial charge in [0.15, 0.2) is 5.96 Å².